The Bertz CT molecular complexity index is 334. The molecule has 0 aliphatic rings. The fourth-order valence-corrected chi connectivity index (χ4v) is 1.10. The number of hydrogen-bond donors (Lipinski definition) is 2. The lowest BCUT2D eigenvalue weighted by atomic mass is 10.1. The van der Waals surface area contributed by atoms with Gasteiger partial charge in [0.2, 0.25) is 0 Å². The number of benzene rings is 1. The maximum absolute atomic E-state index is 11.5. The zero-order chi connectivity index (χ0) is 10.4. The summed E-state index contributed by atoms with van der Waals surface area (Å²) >= 11 is 0. The largest absolute Gasteiger partial charge is 0.399 e. The minimum atomic E-state index is 0.0409. The Morgan fingerprint density at radius 2 is 2.36 bits per heavy atom. The van der Waals surface area contributed by atoms with Crippen LogP contribution in [0.15, 0.2) is 36.9 Å². The molecular weight excluding hydrogens is 176 g/mol. The third-order valence-corrected chi connectivity index (χ3v) is 1.78. The van der Waals surface area contributed by atoms with Gasteiger partial charge in [-0.3, -0.25) is 4.79 Å². The van der Waals surface area contributed by atoms with Gasteiger partial charge in [0.15, 0.2) is 5.78 Å². The van der Waals surface area contributed by atoms with Crippen LogP contribution >= 0.6 is 0 Å². The van der Waals surface area contributed by atoms with Crippen LogP contribution in [0.1, 0.15) is 10.4 Å². The van der Waals surface area contributed by atoms with E-state index in [2.05, 4.69) is 11.9 Å². The molecule has 14 heavy (non-hydrogen) atoms. The molecule has 3 nitrogen and oxygen atoms in total. The summed E-state index contributed by atoms with van der Waals surface area (Å²) in [6.07, 6.45) is 1.71. The van der Waals surface area contributed by atoms with E-state index in [0.717, 1.165) is 0 Å². The van der Waals surface area contributed by atoms with E-state index in [9.17, 15) is 4.79 Å². The Balaban J connectivity index is 2.56. The van der Waals surface area contributed by atoms with Gasteiger partial charge in [-0.15, -0.1) is 6.58 Å². The van der Waals surface area contributed by atoms with Gasteiger partial charge in [-0.1, -0.05) is 18.2 Å². The number of hydrogen-bond acceptors (Lipinski definition) is 3. The van der Waals surface area contributed by atoms with E-state index in [1.165, 1.54) is 0 Å². The van der Waals surface area contributed by atoms with Crippen molar-refractivity contribution in [1.82, 2.24) is 5.32 Å². The van der Waals surface area contributed by atoms with E-state index in [4.69, 9.17) is 5.73 Å². The van der Waals surface area contributed by atoms with Crippen molar-refractivity contribution in [1.29, 1.82) is 0 Å². The quantitative estimate of drug-likeness (QED) is 0.318. The van der Waals surface area contributed by atoms with E-state index in [1.54, 1.807) is 30.3 Å². The second kappa shape index (κ2) is 5.19. The Hall–Kier alpha value is -1.61. The number of carbonyl (C=O) groups is 1. The van der Waals surface area contributed by atoms with Gasteiger partial charge in [0.25, 0.3) is 0 Å². The maximum atomic E-state index is 11.5. The molecule has 1 rings (SSSR count). The molecule has 0 unspecified atom stereocenters. The van der Waals surface area contributed by atoms with Crippen LogP contribution in [-0.2, 0) is 0 Å². The van der Waals surface area contributed by atoms with Crippen LogP contribution in [0.2, 0.25) is 0 Å². The fraction of sp³-hybridized carbons (Fsp3) is 0.182. The van der Waals surface area contributed by atoms with Gasteiger partial charge in [-0.2, -0.15) is 0 Å². The third kappa shape index (κ3) is 3.03. The first kappa shape index (κ1) is 10.5. The molecule has 0 saturated carbocycles. The molecule has 0 aromatic heterocycles. The molecule has 1 aromatic carbocycles. The van der Waals surface area contributed by atoms with E-state index < -0.39 is 0 Å². The summed E-state index contributed by atoms with van der Waals surface area (Å²) in [7, 11) is 0. The highest BCUT2D eigenvalue weighted by molar-refractivity contribution is 5.98. The fourth-order valence-electron chi connectivity index (χ4n) is 1.10. The van der Waals surface area contributed by atoms with Crippen molar-refractivity contribution in [2.75, 3.05) is 18.8 Å². The van der Waals surface area contributed by atoms with E-state index in [0.29, 0.717) is 24.3 Å². The van der Waals surface area contributed by atoms with Crippen LogP contribution in [0.25, 0.3) is 0 Å². The molecular formula is C11H14N2O. The van der Waals surface area contributed by atoms with Gasteiger partial charge in [-0.05, 0) is 12.1 Å². The number of nitrogens with one attached hydrogen (secondary N) is 1. The Morgan fingerprint density at radius 3 is 3.00 bits per heavy atom. The van der Waals surface area contributed by atoms with Crippen LogP contribution in [0, 0.1) is 0 Å². The van der Waals surface area contributed by atoms with Crippen molar-refractivity contribution in [3.8, 4) is 0 Å². The molecule has 3 N–H and O–H groups in total. The maximum Gasteiger partial charge on any atom is 0.176 e. The number of carbonyl (C=O) groups excluding carboxylic acids is 1. The Morgan fingerprint density at radius 1 is 1.57 bits per heavy atom. The molecule has 0 saturated heterocycles. The molecule has 0 bridgehead atoms. The first-order valence-corrected chi connectivity index (χ1v) is 4.44. The second-order valence-corrected chi connectivity index (χ2v) is 2.97. The summed E-state index contributed by atoms with van der Waals surface area (Å²) in [6, 6.07) is 6.97. The number of nitrogens with two attached hydrogens (primary N) is 1. The van der Waals surface area contributed by atoms with Crippen LogP contribution in [0.3, 0.4) is 0 Å². The number of Topliss-reactive ketones (excluding diaryl/α,β-unsaturated/α-hetero) is 1. The molecule has 74 valence electrons. The van der Waals surface area contributed by atoms with Gasteiger partial charge in [0.1, 0.15) is 0 Å². The molecule has 1 aromatic rings. The minimum Gasteiger partial charge on any atom is -0.399 e. The van der Waals surface area contributed by atoms with Crippen molar-refractivity contribution in [3.63, 3.8) is 0 Å². The molecule has 0 heterocycles. The standard InChI is InChI=1S/C11H14N2O/c1-2-6-13-8-11(14)9-4-3-5-10(12)7-9/h2-5,7,13H,1,6,8,12H2. The second-order valence-electron chi connectivity index (χ2n) is 2.97. The predicted molar refractivity (Wildman–Crippen MR) is 58.3 cm³/mol. The summed E-state index contributed by atoms with van der Waals surface area (Å²) < 4.78 is 0. The summed E-state index contributed by atoms with van der Waals surface area (Å²) in [5.74, 6) is 0.0409. The zero-order valence-corrected chi connectivity index (χ0v) is 7.99. The molecule has 3 heteroatoms. The Kier molecular flexibility index (Phi) is 3.88. The molecule has 0 atom stereocenters. The van der Waals surface area contributed by atoms with Crippen LogP contribution in [-0.4, -0.2) is 18.9 Å². The summed E-state index contributed by atoms with van der Waals surface area (Å²) in [4.78, 5) is 11.5. The smallest absolute Gasteiger partial charge is 0.176 e. The molecule has 0 fully saturated rings. The van der Waals surface area contributed by atoms with E-state index >= 15 is 0 Å². The van der Waals surface area contributed by atoms with Gasteiger partial charge in [0.05, 0.1) is 6.54 Å². The lowest BCUT2D eigenvalue weighted by molar-refractivity contribution is 0.0992. The monoisotopic (exact) mass is 190 g/mol. The molecule has 0 aliphatic heterocycles. The third-order valence-electron chi connectivity index (χ3n) is 1.78. The van der Waals surface area contributed by atoms with Crippen LogP contribution in [0.5, 0.6) is 0 Å². The first-order chi connectivity index (χ1) is 6.74. The molecule has 0 spiro atoms. The van der Waals surface area contributed by atoms with E-state index in [1.807, 2.05) is 0 Å². The number of nitrogen functional groups attached to an aromatic ring is 1. The lowest BCUT2D eigenvalue weighted by Crippen LogP contribution is -2.22. The molecule has 0 radical (unpaired) electrons. The van der Waals surface area contributed by atoms with Crippen molar-refractivity contribution in [2.45, 2.75) is 0 Å². The topological polar surface area (TPSA) is 55.1 Å². The summed E-state index contributed by atoms with van der Waals surface area (Å²) in [6.45, 7) is 4.50. The predicted octanol–water partition coefficient (Wildman–Crippen LogP) is 1.23. The highest BCUT2D eigenvalue weighted by Crippen LogP contribution is 2.06. The summed E-state index contributed by atoms with van der Waals surface area (Å²) in [5, 5.41) is 2.94. The van der Waals surface area contributed by atoms with E-state index in [-0.39, 0.29) is 5.78 Å². The average Bonchev–Trinajstić information content (AvgIpc) is 2.18. The van der Waals surface area contributed by atoms with Gasteiger partial charge >= 0.3 is 0 Å². The van der Waals surface area contributed by atoms with Crippen molar-refractivity contribution < 1.29 is 4.79 Å². The lowest BCUT2D eigenvalue weighted by Gasteiger charge is -2.02. The highest BCUT2D eigenvalue weighted by Gasteiger charge is 2.03. The van der Waals surface area contributed by atoms with Gasteiger partial charge in [0, 0.05) is 17.8 Å². The van der Waals surface area contributed by atoms with Gasteiger partial charge in [-0.25, -0.2) is 0 Å². The first-order valence-electron chi connectivity index (χ1n) is 4.44. The van der Waals surface area contributed by atoms with Crippen molar-refractivity contribution in [2.24, 2.45) is 0 Å². The van der Waals surface area contributed by atoms with Crippen molar-refractivity contribution >= 4 is 11.5 Å². The SMILES string of the molecule is C=CCNCC(=O)c1cccc(N)c1. The van der Waals surface area contributed by atoms with Gasteiger partial charge < -0.3 is 11.1 Å². The zero-order valence-electron chi connectivity index (χ0n) is 7.99. The average molecular weight is 190 g/mol. The number of ketones is 1. The summed E-state index contributed by atoms with van der Waals surface area (Å²) in [5.41, 5.74) is 6.81. The number of anilines is 1. The van der Waals surface area contributed by atoms with Crippen LogP contribution in [0.4, 0.5) is 5.69 Å². The van der Waals surface area contributed by atoms with Crippen molar-refractivity contribution in [3.05, 3.63) is 42.5 Å². The van der Waals surface area contributed by atoms with Crippen LogP contribution < -0.4 is 11.1 Å². The Labute approximate surface area is 83.6 Å². The molecule has 0 amide bonds. The molecule has 0 aliphatic carbocycles. The highest BCUT2D eigenvalue weighted by atomic mass is 16.1. The number of rotatable bonds is 5. The normalized spacial score (nSPS) is 9.71. The minimum absolute atomic E-state index is 0.0409.